The van der Waals surface area contributed by atoms with E-state index in [0.29, 0.717) is 18.1 Å². The van der Waals surface area contributed by atoms with E-state index in [2.05, 4.69) is 39.7 Å². The van der Waals surface area contributed by atoms with Crippen molar-refractivity contribution in [2.45, 2.75) is 39.2 Å². The van der Waals surface area contributed by atoms with Crippen LogP contribution in [-0.4, -0.2) is 34.9 Å². The largest absolute Gasteiger partial charge is 0.506 e. The van der Waals surface area contributed by atoms with Crippen molar-refractivity contribution in [1.29, 1.82) is 0 Å². The Morgan fingerprint density at radius 3 is 2.39 bits per heavy atom. The van der Waals surface area contributed by atoms with Crippen LogP contribution in [0, 0.1) is 0 Å². The van der Waals surface area contributed by atoms with Gasteiger partial charge in [0.1, 0.15) is 5.75 Å². The van der Waals surface area contributed by atoms with Crippen LogP contribution in [0.4, 0.5) is 0 Å². The van der Waals surface area contributed by atoms with E-state index in [1.165, 1.54) is 0 Å². The molecule has 0 unspecified atom stereocenters. The summed E-state index contributed by atoms with van der Waals surface area (Å²) in [4.78, 5) is 13.4. The Morgan fingerprint density at radius 1 is 0.917 bits per heavy atom. The molecule has 0 aliphatic heterocycles. The molecule has 3 aromatic carbocycles. The fraction of sp³-hybridized carbons (Fsp3) is 0.214. The minimum absolute atomic E-state index is 0.0847. The highest BCUT2D eigenvalue weighted by atomic mass is 16.3. The van der Waals surface area contributed by atoms with Gasteiger partial charge in [0.25, 0.3) is 0 Å². The molecule has 0 fully saturated rings. The predicted octanol–water partition coefficient (Wildman–Crippen LogP) is 4.97. The van der Waals surface area contributed by atoms with Crippen molar-refractivity contribution in [2.75, 3.05) is 0 Å². The van der Waals surface area contributed by atoms with E-state index in [0.717, 1.165) is 53.6 Å². The third-order valence-corrected chi connectivity index (χ3v) is 6.36. The summed E-state index contributed by atoms with van der Waals surface area (Å²) in [6.07, 6.45) is 5.89. The predicted molar refractivity (Wildman–Crippen MR) is 139 cm³/mol. The zero-order chi connectivity index (χ0) is 24.9. The standard InChI is InChI=1S/C28H28N6O2/c1-2-3-4-9-22-19-34(25-12-7-8-13-26(25)35)28(36)33(22)18-20-14-16-21(17-15-20)23-10-5-6-11-24(23)27-29-31-32-30-27/h5-8,10-17,19,35H,2-4,9,18H2,1H3,(H,29,30,31,32). The van der Waals surface area contributed by atoms with Gasteiger partial charge in [0.2, 0.25) is 5.82 Å². The SMILES string of the molecule is CCCCCc1cn(-c2ccccc2O)c(=O)n1Cc1ccc(-c2ccccc2-c2nn[nH]n2)cc1. The number of phenols is 1. The van der Waals surface area contributed by atoms with Crippen LogP contribution in [0.25, 0.3) is 28.2 Å². The normalized spacial score (nSPS) is 11.1. The van der Waals surface area contributed by atoms with Crippen LogP contribution in [0.1, 0.15) is 37.4 Å². The van der Waals surface area contributed by atoms with Gasteiger partial charge >= 0.3 is 5.69 Å². The fourth-order valence-corrected chi connectivity index (χ4v) is 4.47. The van der Waals surface area contributed by atoms with E-state index in [4.69, 9.17) is 0 Å². The van der Waals surface area contributed by atoms with E-state index < -0.39 is 0 Å². The molecule has 5 rings (SSSR count). The maximum absolute atomic E-state index is 13.4. The second-order valence-electron chi connectivity index (χ2n) is 8.78. The number of aromatic nitrogens is 6. The summed E-state index contributed by atoms with van der Waals surface area (Å²) in [7, 11) is 0. The number of rotatable bonds is 9. The molecule has 36 heavy (non-hydrogen) atoms. The second-order valence-corrected chi connectivity index (χ2v) is 8.78. The average Bonchev–Trinajstić information content (AvgIpc) is 3.55. The summed E-state index contributed by atoms with van der Waals surface area (Å²) in [5, 5.41) is 24.8. The van der Waals surface area contributed by atoms with Gasteiger partial charge in [-0.3, -0.25) is 9.13 Å². The van der Waals surface area contributed by atoms with Crippen molar-refractivity contribution < 1.29 is 5.11 Å². The number of hydrogen-bond donors (Lipinski definition) is 2. The number of para-hydroxylation sites is 2. The van der Waals surface area contributed by atoms with Crippen LogP contribution in [0.5, 0.6) is 5.75 Å². The lowest BCUT2D eigenvalue weighted by atomic mass is 9.98. The minimum Gasteiger partial charge on any atom is -0.506 e. The van der Waals surface area contributed by atoms with E-state index >= 15 is 0 Å². The van der Waals surface area contributed by atoms with Gasteiger partial charge in [0.05, 0.1) is 12.2 Å². The molecular weight excluding hydrogens is 452 g/mol. The molecule has 0 saturated carbocycles. The molecule has 2 heterocycles. The van der Waals surface area contributed by atoms with Gasteiger partial charge < -0.3 is 5.11 Å². The van der Waals surface area contributed by atoms with Gasteiger partial charge in [0.15, 0.2) is 0 Å². The summed E-state index contributed by atoms with van der Waals surface area (Å²) < 4.78 is 3.36. The number of nitrogens with one attached hydrogen (secondary N) is 1. The molecule has 0 spiro atoms. The molecule has 0 atom stereocenters. The molecule has 0 radical (unpaired) electrons. The van der Waals surface area contributed by atoms with Gasteiger partial charge in [-0.25, -0.2) is 4.79 Å². The first-order chi connectivity index (χ1) is 17.7. The van der Waals surface area contributed by atoms with Gasteiger partial charge in [-0.05, 0) is 46.9 Å². The number of aromatic hydroxyl groups is 1. The van der Waals surface area contributed by atoms with Crippen LogP contribution in [-0.2, 0) is 13.0 Å². The van der Waals surface area contributed by atoms with Gasteiger partial charge in [-0.1, -0.05) is 80.4 Å². The highest BCUT2D eigenvalue weighted by molar-refractivity contribution is 5.80. The Hall–Kier alpha value is -4.46. The molecule has 2 aromatic heterocycles. The zero-order valence-electron chi connectivity index (χ0n) is 20.1. The van der Waals surface area contributed by atoms with E-state index in [-0.39, 0.29) is 11.4 Å². The molecule has 182 valence electrons. The van der Waals surface area contributed by atoms with Crippen LogP contribution < -0.4 is 5.69 Å². The maximum atomic E-state index is 13.4. The number of aryl methyl sites for hydroxylation is 1. The Labute approximate surface area is 208 Å². The molecule has 0 aliphatic rings. The number of phenolic OH excluding ortho intramolecular Hbond substituents is 1. The van der Waals surface area contributed by atoms with Crippen LogP contribution in [0.15, 0.2) is 83.8 Å². The first-order valence-corrected chi connectivity index (χ1v) is 12.2. The van der Waals surface area contributed by atoms with E-state index in [9.17, 15) is 9.90 Å². The van der Waals surface area contributed by atoms with Gasteiger partial charge in [-0.2, -0.15) is 5.21 Å². The minimum atomic E-state index is -0.158. The lowest BCUT2D eigenvalue weighted by molar-refractivity contribution is 0.471. The van der Waals surface area contributed by atoms with Crippen molar-refractivity contribution in [1.82, 2.24) is 29.8 Å². The van der Waals surface area contributed by atoms with Crippen LogP contribution >= 0.6 is 0 Å². The second kappa shape index (κ2) is 10.4. The molecule has 8 heteroatoms. The van der Waals surface area contributed by atoms with Crippen molar-refractivity contribution in [3.63, 3.8) is 0 Å². The molecule has 0 bridgehead atoms. The van der Waals surface area contributed by atoms with E-state index in [1.807, 2.05) is 53.2 Å². The Morgan fingerprint density at radius 2 is 1.67 bits per heavy atom. The third kappa shape index (κ3) is 4.70. The summed E-state index contributed by atoms with van der Waals surface area (Å²) in [6.45, 7) is 2.62. The van der Waals surface area contributed by atoms with Crippen LogP contribution in [0.3, 0.4) is 0 Å². The molecule has 0 amide bonds. The lowest BCUT2D eigenvalue weighted by Gasteiger charge is -2.10. The van der Waals surface area contributed by atoms with Gasteiger partial charge in [0, 0.05) is 17.5 Å². The number of benzene rings is 3. The first kappa shape index (κ1) is 23.3. The number of nitrogens with zero attached hydrogens (tertiary/aromatic N) is 5. The molecule has 0 aliphatic carbocycles. The highest BCUT2D eigenvalue weighted by Gasteiger charge is 2.16. The van der Waals surface area contributed by atoms with Crippen LogP contribution in [0.2, 0.25) is 0 Å². The van der Waals surface area contributed by atoms with Crippen molar-refractivity contribution >= 4 is 0 Å². The van der Waals surface area contributed by atoms with Gasteiger partial charge in [-0.15, -0.1) is 10.2 Å². The molecule has 0 saturated heterocycles. The number of unbranched alkanes of at least 4 members (excludes halogenated alkanes) is 2. The van der Waals surface area contributed by atoms with Crippen molar-refractivity contribution in [3.05, 3.63) is 101 Å². The zero-order valence-corrected chi connectivity index (χ0v) is 20.1. The summed E-state index contributed by atoms with van der Waals surface area (Å²) in [5.74, 6) is 0.630. The van der Waals surface area contributed by atoms with Crippen molar-refractivity contribution in [3.8, 4) is 34.0 Å². The third-order valence-electron chi connectivity index (χ3n) is 6.36. The Bertz CT molecular complexity index is 1500. The van der Waals surface area contributed by atoms with E-state index in [1.54, 1.807) is 22.8 Å². The first-order valence-electron chi connectivity index (χ1n) is 12.2. The number of H-pyrrole nitrogens is 1. The highest BCUT2D eigenvalue weighted by Crippen LogP contribution is 2.30. The molecule has 2 N–H and O–H groups in total. The lowest BCUT2D eigenvalue weighted by Crippen LogP contribution is -2.24. The maximum Gasteiger partial charge on any atom is 0.333 e. The smallest absolute Gasteiger partial charge is 0.333 e. The average molecular weight is 481 g/mol. The number of imidazole rings is 1. The Balaban J connectivity index is 1.46. The number of tetrazole rings is 1. The topological polar surface area (TPSA) is 102 Å². The fourth-order valence-electron chi connectivity index (χ4n) is 4.47. The monoisotopic (exact) mass is 480 g/mol. The summed E-state index contributed by atoms with van der Waals surface area (Å²) >= 11 is 0. The number of hydrogen-bond acceptors (Lipinski definition) is 5. The summed E-state index contributed by atoms with van der Waals surface area (Å²) in [5.41, 5.74) is 5.25. The number of aromatic amines is 1. The quantitative estimate of drug-likeness (QED) is 0.290. The molecular formula is C28H28N6O2. The molecule has 5 aromatic rings. The summed E-state index contributed by atoms with van der Waals surface area (Å²) in [6, 6.07) is 23.1. The molecule has 8 nitrogen and oxygen atoms in total. The Kier molecular flexibility index (Phi) is 6.75. The van der Waals surface area contributed by atoms with Crippen molar-refractivity contribution in [2.24, 2.45) is 0 Å².